The van der Waals surface area contributed by atoms with E-state index in [1.165, 1.54) is 4.90 Å². The van der Waals surface area contributed by atoms with Crippen LogP contribution in [0, 0.1) is 11.6 Å². The summed E-state index contributed by atoms with van der Waals surface area (Å²) in [6.07, 6.45) is 0.0291. The van der Waals surface area contributed by atoms with Crippen LogP contribution in [0.1, 0.15) is 24.9 Å². The molecule has 26 heavy (non-hydrogen) atoms. The van der Waals surface area contributed by atoms with E-state index >= 15 is 0 Å². The van der Waals surface area contributed by atoms with Crippen LogP contribution in [0.5, 0.6) is 5.75 Å². The van der Waals surface area contributed by atoms with Gasteiger partial charge in [0.05, 0.1) is 11.7 Å². The number of para-hydroxylation sites is 2. The van der Waals surface area contributed by atoms with Gasteiger partial charge >= 0.3 is 0 Å². The van der Waals surface area contributed by atoms with Gasteiger partial charge in [-0.25, -0.2) is 8.78 Å². The van der Waals surface area contributed by atoms with E-state index in [2.05, 4.69) is 5.32 Å². The summed E-state index contributed by atoms with van der Waals surface area (Å²) in [5, 5.41) is 2.63. The molecule has 0 aliphatic carbocycles. The van der Waals surface area contributed by atoms with Crippen LogP contribution in [-0.4, -0.2) is 25.0 Å². The normalized spacial score (nSPS) is 14.4. The molecule has 7 heteroatoms. The number of nitrogens with zero attached hydrogens (tertiary/aromatic N) is 1. The Kier molecular flexibility index (Phi) is 5.16. The monoisotopic (exact) mass is 360 g/mol. The molecule has 1 N–H and O–H groups in total. The molecule has 1 aliphatic rings. The number of amides is 2. The van der Waals surface area contributed by atoms with E-state index in [1.54, 1.807) is 31.2 Å². The van der Waals surface area contributed by atoms with Crippen LogP contribution in [0.3, 0.4) is 0 Å². The molecule has 1 aliphatic heterocycles. The van der Waals surface area contributed by atoms with Crippen molar-refractivity contribution in [2.45, 2.75) is 19.4 Å². The Hall–Kier alpha value is -2.96. The summed E-state index contributed by atoms with van der Waals surface area (Å²) >= 11 is 0. The van der Waals surface area contributed by atoms with Crippen LogP contribution >= 0.6 is 0 Å². The van der Waals surface area contributed by atoms with E-state index in [4.69, 9.17) is 4.74 Å². The van der Waals surface area contributed by atoms with Gasteiger partial charge in [0.1, 0.15) is 17.4 Å². The highest BCUT2D eigenvalue weighted by Gasteiger charge is 2.25. The lowest BCUT2D eigenvalue weighted by Gasteiger charge is -2.29. The quantitative estimate of drug-likeness (QED) is 0.892. The molecule has 136 valence electrons. The second-order valence-electron chi connectivity index (χ2n) is 6.01. The largest absolute Gasteiger partial charge is 0.482 e. The minimum Gasteiger partial charge on any atom is -0.482 e. The lowest BCUT2D eigenvalue weighted by atomic mass is 10.1. The first-order valence-electron chi connectivity index (χ1n) is 8.22. The van der Waals surface area contributed by atoms with Crippen LogP contribution in [0.2, 0.25) is 0 Å². The van der Waals surface area contributed by atoms with E-state index in [0.717, 1.165) is 18.2 Å². The molecule has 0 spiro atoms. The molecular weight excluding hydrogens is 342 g/mol. The maximum absolute atomic E-state index is 13.8. The fourth-order valence-corrected chi connectivity index (χ4v) is 2.85. The summed E-state index contributed by atoms with van der Waals surface area (Å²) < 4.78 is 32.4. The van der Waals surface area contributed by atoms with Crippen LogP contribution < -0.4 is 15.0 Å². The first-order chi connectivity index (χ1) is 12.5. The number of hydrogen-bond acceptors (Lipinski definition) is 3. The number of rotatable bonds is 5. The molecule has 0 radical (unpaired) electrons. The molecule has 2 amide bonds. The number of anilines is 1. The summed E-state index contributed by atoms with van der Waals surface area (Å²) in [7, 11) is 0. The minimum absolute atomic E-state index is 0.0291. The lowest BCUT2D eigenvalue weighted by molar-refractivity contribution is -0.122. The number of fused-ring (bicyclic) bond motifs is 1. The van der Waals surface area contributed by atoms with Crippen molar-refractivity contribution in [1.82, 2.24) is 5.32 Å². The van der Waals surface area contributed by atoms with Crippen molar-refractivity contribution >= 4 is 17.5 Å². The molecule has 0 aromatic heterocycles. The Bertz CT molecular complexity index is 841. The highest BCUT2D eigenvalue weighted by atomic mass is 19.1. The van der Waals surface area contributed by atoms with Crippen molar-refractivity contribution in [3.63, 3.8) is 0 Å². The maximum Gasteiger partial charge on any atom is 0.265 e. The van der Waals surface area contributed by atoms with E-state index in [0.29, 0.717) is 11.4 Å². The Morgan fingerprint density at radius 2 is 2.04 bits per heavy atom. The van der Waals surface area contributed by atoms with Gasteiger partial charge in [0, 0.05) is 18.5 Å². The third-order valence-electron chi connectivity index (χ3n) is 4.17. The standard InChI is InChI=1S/C19H18F2N2O3/c1-12(14-10-13(20)6-7-15(14)21)22-18(24)8-9-23-16-4-2-3-5-17(16)26-11-19(23)25/h2-7,10,12H,8-9,11H2,1H3,(H,22,24). The van der Waals surface area contributed by atoms with Gasteiger partial charge in [0.2, 0.25) is 5.91 Å². The summed E-state index contributed by atoms with van der Waals surface area (Å²) in [5.74, 6) is -1.17. The van der Waals surface area contributed by atoms with E-state index in [-0.39, 0.29) is 37.0 Å². The molecule has 1 heterocycles. The number of halogens is 2. The number of ether oxygens (including phenoxy) is 1. The van der Waals surface area contributed by atoms with Gasteiger partial charge in [0.15, 0.2) is 6.61 Å². The average Bonchev–Trinajstić information content (AvgIpc) is 2.62. The molecule has 2 aromatic carbocycles. The fraction of sp³-hybridized carbons (Fsp3) is 0.263. The zero-order valence-corrected chi connectivity index (χ0v) is 14.2. The Balaban J connectivity index is 1.62. The molecule has 0 bridgehead atoms. The number of benzene rings is 2. The summed E-state index contributed by atoms with van der Waals surface area (Å²) in [4.78, 5) is 25.8. The summed E-state index contributed by atoms with van der Waals surface area (Å²) in [6, 6.07) is 9.50. The van der Waals surface area contributed by atoms with Crippen molar-refractivity contribution in [3.8, 4) is 5.75 Å². The van der Waals surface area contributed by atoms with E-state index in [9.17, 15) is 18.4 Å². The number of nitrogens with one attached hydrogen (secondary N) is 1. The van der Waals surface area contributed by atoms with Gasteiger partial charge in [-0.15, -0.1) is 0 Å². The maximum atomic E-state index is 13.8. The van der Waals surface area contributed by atoms with Crippen molar-refractivity contribution in [2.24, 2.45) is 0 Å². The molecule has 0 fully saturated rings. The third-order valence-corrected chi connectivity index (χ3v) is 4.17. The van der Waals surface area contributed by atoms with Crippen LogP contribution in [0.15, 0.2) is 42.5 Å². The number of carbonyl (C=O) groups is 2. The second-order valence-corrected chi connectivity index (χ2v) is 6.01. The van der Waals surface area contributed by atoms with Gasteiger partial charge in [-0.05, 0) is 37.3 Å². The summed E-state index contributed by atoms with van der Waals surface area (Å²) in [6.45, 7) is 1.66. The van der Waals surface area contributed by atoms with Crippen molar-refractivity contribution in [3.05, 3.63) is 59.7 Å². The van der Waals surface area contributed by atoms with Crippen LogP contribution in [-0.2, 0) is 9.59 Å². The third kappa shape index (κ3) is 3.82. The van der Waals surface area contributed by atoms with Gasteiger partial charge in [-0.3, -0.25) is 9.59 Å². The Labute approximate surface area is 149 Å². The molecule has 1 unspecified atom stereocenters. The Morgan fingerprint density at radius 3 is 2.85 bits per heavy atom. The van der Waals surface area contributed by atoms with Gasteiger partial charge in [-0.1, -0.05) is 12.1 Å². The van der Waals surface area contributed by atoms with Crippen molar-refractivity contribution in [1.29, 1.82) is 0 Å². The second kappa shape index (κ2) is 7.51. The average molecular weight is 360 g/mol. The highest BCUT2D eigenvalue weighted by Crippen LogP contribution is 2.31. The minimum atomic E-state index is -0.689. The molecule has 3 rings (SSSR count). The first-order valence-corrected chi connectivity index (χ1v) is 8.22. The Morgan fingerprint density at radius 1 is 1.27 bits per heavy atom. The predicted octanol–water partition coefficient (Wildman–Crippen LogP) is 2.96. The van der Waals surface area contributed by atoms with Gasteiger partial charge < -0.3 is 15.0 Å². The van der Waals surface area contributed by atoms with Gasteiger partial charge in [0.25, 0.3) is 5.91 Å². The van der Waals surface area contributed by atoms with E-state index < -0.39 is 17.7 Å². The number of carbonyl (C=O) groups excluding carboxylic acids is 2. The highest BCUT2D eigenvalue weighted by molar-refractivity contribution is 5.98. The SMILES string of the molecule is CC(NC(=O)CCN1C(=O)COc2ccccc21)c1cc(F)ccc1F. The number of hydrogen-bond donors (Lipinski definition) is 1. The lowest BCUT2D eigenvalue weighted by Crippen LogP contribution is -2.41. The fourth-order valence-electron chi connectivity index (χ4n) is 2.85. The first kappa shape index (κ1) is 17.8. The van der Waals surface area contributed by atoms with Crippen molar-refractivity contribution in [2.75, 3.05) is 18.1 Å². The topological polar surface area (TPSA) is 58.6 Å². The summed E-state index contributed by atoms with van der Waals surface area (Å²) in [5.41, 5.74) is 0.687. The van der Waals surface area contributed by atoms with Crippen LogP contribution in [0.25, 0.3) is 0 Å². The molecule has 2 aromatic rings. The van der Waals surface area contributed by atoms with E-state index in [1.807, 2.05) is 0 Å². The molecular formula is C19H18F2N2O3. The predicted molar refractivity (Wildman–Crippen MR) is 91.8 cm³/mol. The molecule has 1 atom stereocenters. The smallest absolute Gasteiger partial charge is 0.265 e. The molecule has 5 nitrogen and oxygen atoms in total. The zero-order chi connectivity index (χ0) is 18.7. The molecule has 0 saturated heterocycles. The van der Waals surface area contributed by atoms with Gasteiger partial charge in [-0.2, -0.15) is 0 Å². The molecule has 0 saturated carbocycles. The zero-order valence-electron chi connectivity index (χ0n) is 14.2. The van der Waals surface area contributed by atoms with Crippen LogP contribution in [0.4, 0.5) is 14.5 Å². The van der Waals surface area contributed by atoms with Crippen molar-refractivity contribution < 1.29 is 23.1 Å².